The molecule has 1 aromatic rings. The van der Waals surface area contributed by atoms with Gasteiger partial charge in [0.2, 0.25) is 0 Å². The first kappa shape index (κ1) is 12.9. The number of hydrogen-bond donors (Lipinski definition) is 1. The van der Waals surface area contributed by atoms with Gasteiger partial charge in [-0.1, -0.05) is 6.92 Å². The van der Waals surface area contributed by atoms with Gasteiger partial charge in [-0.15, -0.1) is 0 Å². The van der Waals surface area contributed by atoms with Crippen molar-refractivity contribution >= 4 is 5.82 Å². The summed E-state index contributed by atoms with van der Waals surface area (Å²) in [7, 11) is 0. The van der Waals surface area contributed by atoms with Crippen LogP contribution >= 0.6 is 0 Å². The lowest BCUT2D eigenvalue weighted by atomic mass is 9.78. The lowest BCUT2D eigenvalue weighted by Gasteiger charge is -2.46. The first-order valence-corrected chi connectivity index (χ1v) is 7.46. The number of aryl methyl sites for hydroxylation is 2. The van der Waals surface area contributed by atoms with E-state index in [1.54, 1.807) is 0 Å². The number of aliphatic hydroxyl groups excluding tert-OH is 1. The van der Waals surface area contributed by atoms with Gasteiger partial charge in [0, 0.05) is 24.7 Å². The highest BCUT2D eigenvalue weighted by Crippen LogP contribution is 2.36. The number of aliphatic hydroxyl groups is 1. The fraction of sp³-hybridized carbons (Fsp3) is 0.733. The minimum absolute atomic E-state index is 0.197. The average molecular weight is 261 g/mol. The zero-order valence-electron chi connectivity index (χ0n) is 11.8. The van der Waals surface area contributed by atoms with Crippen molar-refractivity contribution in [2.24, 2.45) is 5.92 Å². The van der Waals surface area contributed by atoms with Gasteiger partial charge in [0.1, 0.15) is 11.6 Å². The van der Waals surface area contributed by atoms with Gasteiger partial charge in [-0.2, -0.15) is 0 Å². The third kappa shape index (κ3) is 2.46. The molecule has 2 heterocycles. The van der Waals surface area contributed by atoms with Crippen LogP contribution in [0.1, 0.15) is 44.1 Å². The minimum atomic E-state index is -0.197. The molecular weight excluding hydrogens is 238 g/mol. The minimum Gasteiger partial charge on any atom is -0.391 e. The summed E-state index contributed by atoms with van der Waals surface area (Å²) >= 11 is 0. The van der Waals surface area contributed by atoms with Crippen molar-refractivity contribution in [2.75, 3.05) is 11.4 Å². The van der Waals surface area contributed by atoms with E-state index in [2.05, 4.69) is 27.9 Å². The highest BCUT2D eigenvalue weighted by atomic mass is 16.3. The van der Waals surface area contributed by atoms with Crippen LogP contribution < -0.4 is 4.90 Å². The van der Waals surface area contributed by atoms with E-state index in [0.29, 0.717) is 0 Å². The standard InChI is InChI=1S/C15H23N3O/c1-3-14-16-10(2)8-15(17-14)18-7-6-11-4-5-13(19)12(18)9-11/h8,11-13,19H,3-7,9H2,1-2H3. The molecule has 2 fully saturated rings. The summed E-state index contributed by atoms with van der Waals surface area (Å²) in [5, 5.41) is 10.3. The molecule has 3 unspecified atom stereocenters. The Kier molecular flexibility index (Phi) is 3.44. The van der Waals surface area contributed by atoms with Gasteiger partial charge in [0.05, 0.1) is 12.1 Å². The second-order valence-electron chi connectivity index (χ2n) is 5.93. The summed E-state index contributed by atoms with van der Waals surface area (Å²) in [6.07, 6.45) is 5.14. The van der Waals surface area contributed by atoms with Crippen molar-refractivity contribution in [2.45, 2.75) is 58.1 Å². The maximum Gasteiger partial charge on any atom is 0.132 e. The summed E-state index contributed by atoms with van der Waals surface area (Å²) < 4.78 is 0. The summed E-state index contributed by atoms with van der Waals surface area (Å²) in [4.78, 5) is 11.4. The van der Waals surface area contributed by atoms with E-state index < -0.39 is 0 Å². The molecule has 104 valence electrons. The van der Waals surface area contributed by atoms with E-state index in [-0.39, 0.29) is 12.1 Å². The van der Waals surface area contributed by atoms with E-state index >= 15 is 0 Å². The Morgan fingerprint density at radius 3 is 2.95 bits per heavy atom. The molecule has 0 spiro atoms. The van der Waals surface area contributed by atoms with Crippen LogP contribution in [-0.4, -0.2) is 33.8 Å². The lowest BCUT2D eigenvalue weighted by Crippen LogP contribution is -2.52. The Hall–Kier alpha value is -1.16. The molecule has 0 radical (unpaired) electrons. The van der Waals surface area contributed by atoms with Gasteiger partial charge in [0.15, 0.2) is 0 Å². The number of hydrogen-bond acceptors (Lipinski definition) is 4. The molecule has 4 heteroatoms. The highest BCUT2D eigenvalue weighted by Gasteiger charge is 2.37. The number of nitrogens with zero attached hydrogens (tertiary/aromatic N) is 3. The fourth-order valence-corrected chi connectivity index (χ4v) is 3.50. The topological polar surface area (TPSA) is 49.2 Å². The van der Waals surface area contributed by atoms with Crippen molar-refractivity contribution in [1.82, 2.24) is 9.97 Å². The van der Waals surface area contributed by atoms with Crippen LogP contribution in [0.25, 0.3) is 0 Å². The van der Waals surface area contributed by atoms with Crippen molar-refractivity contribution in [3.8, 4) is 0 Å². The van der Waals surface area contributed by atoms with Crippen molar-refractivity contribution in [1.29, 1.82) is 0 Å². The number of anilines is 1. The number of fused-ring (bicyclic) bond motifs is 2. The Morgan fingerprint density at radius 2 is 2.16 bits per heavy atom. The molecule has 3 atom stereocenters. The first-order chi connectivity index (χ1) is 9.17. The van der Waals surface area contributed by atoms with E-state index in [9.17, 15) is 5.11 Å². The van der Waals surface area contributed by atoms with E-state index in [0.717, 1.165) is 49.1 Å². The summed E-state index contributed by atoms with van der Waals surface area (Å²) in [5.41, 5.74) is 1.02. The van der Waals surface area contributed by atoms with Crippen LogP contribution in [0.5, 0.6) is 0 Å². The zero-order chi connectivity index (χ0) is 13.4. The average Bonchev–Trinajstić information content (AvgIpc) is 2.42. The molecule has 1 N–H and O–H groups in total. The van der Waals surface area contributed by atoms with Crippen molar-refractivity contribution in [3.63, 3.8) is 0 Å². The van der Waals surface area contributed by atoms with E-state index in [4.69, 9.17) is 0 Å². The molecule has 4 nitrogen and oxygen atoms in total. The molecule has 1 aliphatic carbocycles. The Balaban J connectivity index is 1.90. The predicted molar refractivity (Wildman–Crippen MR) is 75.2 cm³/mol. The van der Waals surface area contributed by atoms with Crippen LogP contribution in [-0.2, 0) is 6.42 Å². The molecule has 19 heavy (non-hydrogen) atoms. The molecule has 0 amide bonds. The molecule has 0 aromatic carbocycles. The summed E-state index contributed by atoms with van der Waals surface area (Å²) in [6.45, 7) is 5.13. The van der Waals surface area contributed by atoms with Gasteiger partial charge in [0.25, 0.3) is 0 Å². The lowest BCUT2D eigenvalue weighted by molar-refractivity contribution is 0.0662. The molecule has 1 aromatic heterocycles. The van der Waals surface area contributed by atoms with Crippen molar-refractivity contribution in [3.05, 3.63) is 17.6 Å². The Labute approximate surface area is 114 Å². The third-order valence-electron chi connectivity index (χ3n) is 4.57. The molecule has 1 saturated carbocycles. The highest BCUT2D eigenvalue weighted by molar-refractivity contribution is 5.42. The van der Waals surface area contributed by atoms with Crippen molar-refractivity contribution < 1.29 is 5.11 Å². The van der Waals surface area contributed by atoms with Gasteiger partial charge in [-0.25, -0.2) is 9.97 Å². The molecule has 2 aliphatic rings. The Bertz CT molecular complexity index is 463. The number of piperidine rings is 1. The predicted octanol–water partition coefficient (Wildman–Crippen LogP) is 2.09. The van der Waals surface area contributed by atoms with Crippen LogP contribution in [0, 0.1) is 12.8 Å². The first-order valence-electron chi connectivity index (χ1n) is 7.46. The van der Waals surface area contributed by atoms with Crippen LogP contribution in [0.15, 0.2) is 6.07 Å². The largest absolute Gasteiger partial charge is 0.391 e. The van der Waals surface area contributed by atoms with Gasteiger partial charge in [-0.05, 0) is 38.5 Å². The SMILES string of the molecule is CCc1nc(C)cc(N2CCC3CCC(O)C2C3)n1. The third-order valence-corrected chi connectivity index (χ3v) is 4.57. The molecule has 1 aliphatic heterocycles. The maximum atomic E-state index is 10.3. The molecular formula is C15H23N3O. The van der Waals surface area contributed by atoms with Gasteiger partial charge < -0.3 is 10.0 Å². The Morgan fingerprint density at radius 1 is 1.32 bits per heavy atom. The number of aromatic nitrogens is 2. The second kappa shape index (κ2) is 5.08. The smallest absolute Gasteiger partial charge is 0.132 e. The second-order valence-corrected chi connectivity index (χ2v) is 5.93. The van der Waals surface area contributed by atoms with E-state index in [1.807, 2.05) is 6.92 Å². The van der Waals surface area contributed by atoms with Crippen LogP contribution in [0.2, 0.25) is 0 Å². The monoisotopic (exact) mass is 261 g/mol. The van der Waals surface area contributed by atoms with E-state index in [1.165, 1.54) is 12.8 Å². The number of rotatable bonds is 2. The summed E-state index contributed by atoms with van der Waals surface area (Å²) in [5.74, 6) is 2.72. The molecule has 3 rings (SSSR count). The van der Waals surface area contributed by atoms with Crippen LogP contribution in [0.4, 0.5) is 5.82 Å². The molecule has 2 bridgehead atoms. The van der Waals surface area contributed by atoms with Gasteiger partial charge >= 0.3 is 0 Å². The summed E-state index contributed by atoms with van der Waals surface area (Å²) in [6, 6.07) is 2.31. The normalized spacial score (nSPS) is 30.5. The quantitative estimate of drug-likeness (QED) is 0.885. The molecule has 1 saturated heterocycles. The van der Waals surface area contributed by atoms with Gasteiger partial charge in [-0.3, -0.25) is 0 Å². The maximum absolute atomic E-state index is 10.3. The fourth-order valence-electron chi connectivity index (χ4n) is 3.50. The van der Waals surface area contributed by atoms with Crippen LogP contribution in [0.3, 0.4) is 0 Å². The zero-order valence-corrected chi connectivity index (χ0v) is 11.8.